The van der Waals surface area contributed by atoms with Crippen LogP contribution < -0.4 is 5.32 Å². The summed E-state index contributed by atoms with van der Waals surface area (Å²) < 4.78 is 5.41. The van der Waals surface area contributed by atoms with E-state index < -0.39 is 0 Å². The molecule has 0 saturated carbocycles. The van der Waals surface area contributed by atoms with Crippen molar-refractivity contribution in [3.05, 3.63) is 17.0 Å². The number of hydrogen-bond acceptors (Lipinski definition) is 5. The molecule has 5 nitrogen and oxygen atoms in total. The molecule has 2 atom stereocenters. The minimum atomic E-state index is 0.105. The van der Waals surface area contributed by atoms with Gasteiger partial charge in [-0.15, -0.1) is 0 Å². The molecule has 0 spiro atoms. The highest BCUT2D eigenvalue weighted by Gasteiger charge is 2.25. The molecule has 0 aromatic carbocycles. The van der Waals surface area contributed by atoms with E-state index in [4.69, 9.17) is 16.3 Å². The van der Waals surface area contributed by atoms with Crippen molar-refractivity contribution < 1.29 is 9.53 Å². The molecule has 0 aliphatic carbocycles. The van der Waals surface area contributed by atoms with Crippen molar-refractivity contribution in [3.63, 3.8) is 0 Å². The summed E-state index contributed by atoms with van der Waals surface area (Å²) in [4.78, 5) is 18.6. The zero-order valence-corrected chi connectivity index (χ0v) is 9.57. The van der Waals surface area contributed by atoms with Crippen molar-refractivity contribution in [2.75, 3.05) is 11.9 Å². The van der Waals surface area contributed by atoms with Gasteiger partial charge in [-0.25, -0.2) is 9.97 Å². The monoisotopic (exact) mass is 241 g/mol. The van der Waals surface area contributed by atoms with Gasteiger partial charge in [0.1, 0.15) is 17.3 Å². The van der Waals surface area contributed by atoms with Crippen LogP contribution in [0.1, 0.15) is 23.7 Å². The number of carbonyl (C=O) groups is 1. The molecule has 0 radical (unpaired) electrons. The van der Waals surface area contributed by atoms with Crippen LogP contribution in [-0.2, 0) is 4.74 Å². The number of aromatic nitrogens is 2. The summed E-state index contributed by atoms with van der Waals surface area (Å²) in [5, 5.41) is 3.32. The maximum atomic E-state index is 10.9. The maximum Gasteiger partial charge on any atom is 0.156 e. The van der Waals surface area contributed by atoms with Crippen molar-refractivity contribution in [1.29, 1.82) is 0 Å². The molecule has 0 bridgehead atoms. The van der Waals surface area contributed by atoms with Crippen LogP contribution in [0.25, 0.3) is 0 Å². The molecule has 16 heavy (non-hydrogen) atoms. The Morgan fingerprint density at radius 3 is 3.06 bits per heavy atom. The molecule has 1 aliphatic rings. The second kappa shape index (κ2) is 4.76. The number of hydrogen-bond donors (Lipinski definition) is 1. The molecule has 1 aromatic heterocycles. The lowest BCUT2D eigenvalue weighted by Crippen LogP contribution is -2.27. The highest BCUT2D eigenvalue weighted by Crippen LogP contribution is 2.22. The molecule has 2 rings (SSSR count). The van der Waals surface area contributed by atoms with E-state index in [9.17, 15) is 4.79 Å². The van der Waals surface area contributed by atoms with Gasteiger partial charge in [0.25, 0.3) is 0 Å². The Bertz CT molecular complexity index is 400. The van der Waals surface area contributed by atoms with Crippen LogP contribution in [0.3, 0.4) is 0 Å². The summed E-state index contributed by atoms with van der Waals surface area (Å²) in [6.45, 7) is 2.70. The number of rotatable bonds is 3. The Morgan fingerprint density at radius 1 is 1.62 bits per heavy atom. The summed E-state index contributed by atoms with van der Waals surface area (Å²) in [6.07, 6.45) is 2.98. The van der Waals surface area contributed by atoms with Gasteiger partial charge in [0, 0.05) is 6.61 Å². The van der Waals surface area contributed by atoms with Gasteiger partial charge in [-0.05, 0) is 13.3 Å². The van der Waals surface area contributed by atoms with E-state index in [0.717, 1.165) is 6.42 Å². The quantitative estimate of drug-likeness (QED) is 0.642. The lowest BCUT2D eigenvalue weighted by Gasteiger charge is -2.17. The molecule has 1 aliphatic heterocycles. The topological polar surface area (TPSA) is 64.1 Å². The molecule has 1 saturated heterocycles. The van der Waals surface area contributed by atoms with Crippen LogP contribution in [0.2, 0.25) is 5.15 Å². The van der Waals surface area contributed by atoms with Crippen molar-refractivity contribution in [2.24, 2.45) is 0 Å². The van der Waals surface area contributed by atoms with E-state index >= 15 is 0 Å². The molecule has 1 fully saturated rings. The fourth-order valence-corrected chi connectivity index (χ4v) is 1.87. The Labute approximate surface area is 98.2 Å². The fourth-order valence-electron chi connectivity index (χ4n) is 1.69. The predicted octanol–water partition coefficient (Wildman–Crippen LogP) is 1.53. The van der Waals surface area contributed by atoms with E-state index in [1.807, 2.05) is 6.92 Å². The summed E-state index contributed by atoms with van der Waals surface area (Å²) in [5.41, 5.74) is 0.295. The first-order valence-electron chi connectivity index (χ1n) is 5.06. The third-order valence-corrected chi connectivity index (χ3v) is 2.95. The molecule has 2 unspecified atom stereocenters. The Kier molecular flexibility index (Phi) is 3.36. The normalized spacial score (nSPS) is 24.4. The lowest BCUT2D eigenvalue weighted by atomic mass is 10.1. The molecule has 1 aromatic rings. The highest BCUT2D eigenvalue weighted by atomic mass is 35.5. The third-order valence-electron chi connectivity index (χ3n) is 2.65. The van der Waals surface area contributed by atoms with Crippen LogP contribution in [0.5, 0.6) is 0 Å². The van der Waals surface area contributed by atoms with Crippen LogP contribution in [-0.4, -0.2) is 35.0 Å². The average molecular weight is 242 g/mol. The maximum absolute atomic E-state index is 10.9. The van der Waals surface area contributed by atoms with Crippen LogP contribution in [0, 0.1) is 0 Å². The number of carbonyl (C=O) groups excluding carboxylic acids is 1. The largest absolute Gasteiger partial charge is 0.376 e. The molecule has 0 amide bonds. The van der Waals surface area contributed by atoms with Gasteiger partial charge in [-0.3, -0.25) is 4.79 Å². The summed E-state index contributed by atoms with van der Waals surface area (Å²) >= 11 is 5.80. The smallest absolute Gasteiger partial charge is 0.156 e. The second-order valence-corrected chi connectivity index (χ2v) is 4.02. The van der Waals surface area contributed by atoms with E-state index in [0.29, 0.717) is 24.3 Å². The number of halogens is 1. The fraction of sp³-hybridized carbons (Fsp3) is 0.500. The SMILES string of the molecule is CC1OCCC1Nc1ncnc(Cl)c1C=O. The molecular formula is C10H12ClN3O2. The van der Waals surface area contributed by atoms with Gasteiger partial charge in [-0.2, -0.15) is 0 Å². The predicted molar refractivity (Wildman–Crippen MR) is 59.9 cm³/mol. The Morgan fingerprint density at radius 2 is 2.44 bits per heavy atom. The van der Waals surface area contributed by atoms with Crippen molar-refractivity contribution in [2.45, 2.75) is 25.5 Å². The van der Waals surface area contributed by atoms with Gasteiger partial charge in [0.05, 0.1) is 17.7 Å². The highest BCUT2D eigenvalue weighted by molar-refractivity contribution is 6.32. The molecule has 86 valence electrons. The van der Waals surface area contributed by atoms with Gasteiger partial charge in [-0.1, -0.05) is 11.6 Å². The molecule has 6 heteroatoms. The number of ether oxygens (including phenoxy) is 1. The third kappa shape index (κ3) is 2.15. The van der Waals surface area contributed by atoms with E-state index in [1.165, 1.54) is 6.33 Å². The van der Waals surface area contributed by atoms with Gasteiger partial charge in [0.2, 0.25) is 0 Å². The second-order valence-electron chi connectivity index (χ2n) is 3.66. The molecule has 2 heterocycles. The summed E-state index contributed by atoms with van der Waals surface area (Å²) in [5.74, 6) is 0.470. The first-order chi connectivity index (χ1) is 7.72. The molecule has 1 N–H and O–H groups in total. The van der Waals surface area contributed by atoms with Crippen LogP contribution in [0.15, 0.2) is 6.33 Å². The zero-order valence-electron chi connectivity index (χ0n) is 8.81. The van der Waals surface area contributed by atoms with E-state index in [-0.39, 0.29) is 17.3 Å². The van der Waals surface area contributed by atoms with Gasteiger partial charge < -0.3 is 10.1 Å². The van der Waals surface area contributed by atoms with Gasteiger partial charge >= 0.3 is 0 Å². The average Bonchev–Trinajstić information content (AvgIpc) is 2.65. The first kappa shape index (κ1) is 11.3. The van der Waals surface area contributed by atoms with Crippen molar-refractivity contribution in [1.82, 2.24) is 9.97 Å². The summed E-state index contributed by atoms with van der Waals surface area (Å²) in [7, 11) is 0. The van der Waals surface area contributed by atoms with Crippen molar-refractivity contribution in [3.8, 4) is 0 Å². The van der Waals surface area contributed by atoms with Gasteiger partial charge in [0.15, 0.2) is 6.29 Å². The Hall–Kier alpha value is -1.20. The Balaban J connectivity index is 2.20. The van der Waals surface area contributed by atoms with Crippen LogP contribution >= 0.6 is 11.6 Å². The minimum absolute atomic E-state index is 0.105. The minimum Gasteiger partial charge on any atom is -0.376 e. The number of nitrogens with one attached hydrogen (secondary N) is 1. The summed E-state index contributed by atoms with van der Waals surface area (Å²) in [6, 6.07) is 0.157. The van der Waals surface area contributed by atoms with Crippen LogP contribution in [0.4, 0.5) is 5.82 Å². The number of nitrogens with zero attached hydrogens (tertiary/aromatic N) is 2. The first-order valence-corrected chi connectivity index (χ1v) is 5.44. The zero-order chi connectivity index (χ0) is 11.5. The number of aldehydes is 1. The van der Waals surface area contributed by atoms with E-state index in [1.54, 1.807) is 0 Å². The standard InChI is InChI=1S/C10H12ClN3O2/c1-6-8(2-3-16-6)14-10-7(4-15)9(11)12-5-13-10/h4-6,8H,2-3H2,1H3,(H,12,13,14). The lowest BCUT2D eigenvalue weighted by molar-refractivity contribution is 0.112. The van der Waals surface area contributed by atoms with Crippen molar-refractivity contribution >= 4 is 23.7 Å². The van der Waals surface area contributed by atoms with E-state index in [2.05, 4.69) is 15.3 Å². The number of anilines is 1. The molecular weight excluding hydrogens is 230 g/mol.